The largest absolute Gasteiger partial charge is 0.480 e. The smallest absolute Gasteiger partial charge is 0.322 e. The van der Waals surface area contributed by atoms with E-state index in [0.717, 1.165) is 28.1 Å². The number of aryl methyl sites for hydroxylation is 1. The lowest BCUT2D eigenvalue weighted by Gasteiger charge is -2.33. The maximum absolute atomic E-state index is 11.8. The normalized spacial score (nSPS) is 17.6. The number of benzene rings is 1. The highest BCUT2D eigenvalue weighted by atomic mass is 35.5. The van der Waals surface area contributed by atoms with Gasteiger partial charge in [0.2, 0.25) is 0 Å². The summed E-state index contributed by atoms with van der Waals surface area (Å²) in [5, 5.41) is 19.4. The van der Waals surface area contributed by atoms with E-state index in [1.165, 1.54) is 0 Å². The molecular weight excluding hydrogens is 342 g/mol. The van der Waals surface area contributed by atoms with E-state index in [9.17, 15) is 9.90 Å². The fourth-order valence-corrected chi connectivity index (χ4v) is 3.52. The zero-order chi connectivity index (χ0) is 17.6. The molecule has 25 heavy (non-hydrogen) atoms. The Bertz CT molecular complexity index is 971. The van der Waals surface area contributed by atoms with Crippen molar-refractivity contribution in [2.45, 2.75) is 32.6 Å². The Labute approximate surface area is 148 Å². The van der Waals surface area contributed by atoms with Gasteiger partial charge in [-0.1, -0.05) is 17.7 Å². The predicted molar refractivity (Wildman–Crippen MR) is 92.2 cm³/mol. The van der Waals surface area contributed by atoms with E-state index >= 15 is 0 Å². The monoisotopic (exact) mass is 357 g/mol. The Hall–Kier alpha value is -2.51. The second-order valence-corrected chi connectivity index (χ2v) is 6.55. The molecule has 3 heterocycles. The Morgan fingerprint density at radius 2 is 2.20 bits per heavy atom. The standard InChI is InChI=1S/C17H16ClN5O2/c1-10-20-21-15-9-22(14(17(24)25)8-23(10)15)7-11-4-5-13(18)12-3-2-6-19-16(11)12/h2-6,14H,7-9H2,1H3,(H,24,25). The van der Waals surface area contributed by atoms with Gasteiger partial charge in [-0.05, 0) is 30.7 Å². The lowest BCUT2D eigenvalue weighted by Crippen LogP contribution is -2.47. The molecule has 1 unspecified atom stereocenters. The summed E-state index contributed by atoms with van der Waals surface area (Å²) in [5.41, 5.74) is 1.73. The second kappa shape index (κ2) is 6.09. The third-order valence-corrected chi connectivity index (χ3v) is 4.94. The molecule has 4 rings (SSSR count). The molecule has 128 valence electrons. The summed E-state index contributed by atoms with van der Waals surface area (Å²) in [7, 11) is 0. The molecule has 7 nitrogen and oxygen atoms in total. The molecule has 0 spiro atoms. The maximum Gasteiger partial charge on any atom is 0.322 e. The number of carbonyl (C=O) groups is 1. The number of hydrogen-bond donors (Lipinski definition) is 1. The third kappa shape index (κ3) is 2.75. The first-order valence-electron chi connectivity index (χ1n) is 7.92. The minimum atomic E-state index is -0.857. The molecule has 1 aliphatic heterocycles. The molecule has 1 atom stereocenters. The fraction of sp³-hybridized carbons (Fsp3) is 0.294. The van der Waals surface area contributed by atoms with Crippen LogP contribution in [0.25, 0.3) is 10.9 Å². The number of carboxylic acids is 1. The molecule has 1 aromatic carbocycles. The van der Waals surface area contributed by atoms with E-state index in [0.29, 0.717) is 24.7 Å². The summed E-state index contributed by atoms with van der Waals surface area (Å²) in [4.78, 5) is 18.1. The minimum absolute atomic E-state index is 0.336. The summed E-state index contributed by atoms with van der Waals surface area (Å²) in [6, 6.07) is 6.84. The topological polar surface area (TPSA) is 84.1 Å². The number of carboxylic acid groups (broad SMARTS) is 1. The van der Waals surface area contributed by atoms with Gasteiger partial charge in [-0.25, -0.2) is 0 Å². The molecule has 0 saturated carbocycles. The molecule has 0 saturated heterocycles. The average molecular weight is 358 g/mol. The molecule has 0 amide bonds. The minimum Gasteiger partial charge on any atom is -0.480 e. The molecular formula is C17H16ClN5O2. The number of pyridine rings is 1. The number of nitrogens with zero attached hydrogens (tertiary/aromatic N) is 5. The van der Waals surface area contributed by atoms with Crippen molar-refractivity contribution in [3.8, 4) is 0 Å². The zero-order valence-corrected chi connectivity index (χ0v) is 14.3. The molecule has 0 bridgehead atoms. The van der Waals surface area contributed by atoms with Gasteiger partial charge in [0, 0.05) is 23.2 Å². The summed E-state index contributed by atoms with van der Waals surface area (Å²) < 4.78 is 1.87. The van der Waals surface area contributed by atoms with Gasteiger partial charge in [-0.3, -0.25) is 14.7 Å². The van der Waals surface area contributed by atoms with Crippen molar-refractivity contribution in [2.75, 3.05) is 0 Å². The van der Waals surface area contributed by atoms with Crippen molar-refractivity contribution in [1.82, 2.24) is 24.6 Å². The van der Waals surface area contributed by atoms with Gasteiger partial charge in [0.25, 0.3) is 0 Å². The van der Waals surface area contributed by atoms with Gasteiger partial charge < -0.3 is 9.67 Å². The van der Waals surface area contributed by atoms with E-state index in [1.807, 2.05) is 40.7 Å². The van der Waals surface area contributed by atoms with Crippen molar-refractivity contribution >= 4 is 28.5 Å². The molecule has 1 aliphatic rings. The van der Waals surface area contributed by atoms with Crippen LogP contribution in [0.15, 0.2) is 30.5 Å². The van der Waals surface area contributed by atoms with E-state index < -0.39 is 12.0 Å². The molecule has 1 N–H and O–H groups in total. The van der Waals surface area contributed by atoms with E-state index in [2.05, 4.69) is 15.2 Å². The molecule has 0 radical (unpaired) electrons. The van der Waals surface area contributed by atoms with Gasteiger partial charge in [-0.2, -0.15) is 0 Å². The van der Waals surface area contributed by atoms with Gasteiger partial charge in [0.05, 0.1) is 18.6 Å². The van der Waals surface area contributed by atoms with Gasteiger partial charge in [0.1, 0.15) is 17.7 Å². The van der Waals surface area contributed by atoms with Gasteiger partial charge >= 0.3 is 5.97 Å². The number of fused-ring (bicyclic) bond motifs is 2. The third-order valence-electron chi connectivity index (χ3n) is 4.61. The van der Waals surface area contributed by atoms with Crippen LogP contribution in [0.3, 0.4) is 0 Å². The van der Waals surface area contributed by atoms with Crippen LogP contribution in [0.2, 0.25) is 5.02 Å². The van der Waals surface area contributed by atoms with E-state index in [-0.39, 0.29) is 0 Å². The highest BCUT2D eigenvalue weighted by molar-refractivity contribution is 6.35. The van der Waals surface area contributed by atoms with Crippen molar-refractivity contribution in [3.05, 3.63) is 52.7 Å². The predicted octanol–water partition coefficient (Wildman–Crippen LogP) is 2.26. The first-order chi connectivity index (χ1) is 12.0. The first-order valence-corrected chi connectivity index (χ1v) is 8.30. The summed E-state index contributed by atoms with van der Waals surface area (Å²) in [6.45, 7) is 3.05. The fourth-order valence-electron chi connectivity index (χ4n) is 3.30. The molecule has 3 aromatic rings. The van der Waals surface area contributed by atoms with Gasteiger partial charge in [-0.15, -0.1) is 10.2 Å². The number of aliphatic carboxylic acids is 1. The molecule has 0 aliphatic carbocycles. The Kier molecular flexibility index (Phi) is 3.89. The van der Waals surface area contributed by atoms with Crippen LogP contribution in [0.4, 0.5) is 0 Å². The first kappa shape index (κ1) is 16.0. The Balaban J connectivity index is 1.72. The number of rotatable bonds is 3. The van der Waals surface area contributed by atoms with Crippen LogP contribution < -0.4 is 0 Å². The molecule has 2 aromatic heterocycles. The summed E-state index contributed by atoms with van der Waals surface area (Å²) >= 11 is 6.25. The van der Waals surface area contributed by atoms with Crippen molar-refractivity contribution in [1.29, 1.82) is 0 Å². The van der Waals surface area contributed by atoms with Crippen LogP contribution in [-0.2, 0) is 24.4 Å². The van der Waals surface area contributed by atoms with Crippen molar-refractivity contribution in [2.24, 2.45) is 0 Å². The molecule has 8 heteroatoms. The lowest BCUT2D eigenvalue weighted by molar-refractivity contribution is -0.145. The Morgan fingerprint density at radius 3 is 3.00 bits per heavy atom. The maximum atomic E-state index is 11.8. The van der Waals surface area contributed by atoms with Crippen molar-refractivity contribution in [3.63, 3.8) is 0 Å². The number of hydrogen-bond acceptors (Lipinski definition) is 5. The van der Waals surface area contributed by atoms with Crippen molar-refractivity contribution < 1.29 is 9.90 Å². The van der Waals surface area contributed by atoms with Crippen LogP contribution in [0, 0.1) is 6.92 Å². The number of aromatic nitrogens is 4. The number of halogens is 1. The lowest BCUT2D eigenvalue weighted by atomic mass is 10.1. The highest BCUT2D eigenvalue weighted by Gasteiger charge is 2.33. The van der Waals surface area contributed by atoms with Crippen LogP contribution in [-0.4, -0.2) is 41.8 Å². The second-order valence-electron chi connectivity index (χ2n) is 6.14. The van der Waals surface area contributed by atoms with Crippen LogP contribution in [0.5, 0.6) is 0 Å². The quantitative estimate of drug-likeness (QED) is 0.774. The van der Waals surface area contributed by atoms with Crippen LogP contribution in [0.1, 0.15) is 17.2 Å². The van der Waals surface area contributed by atoms with E-state index in [1.54, 1.807) is 6.20 Å². The summed E-state index contributed by atoms with van der Waals surface area (Å²) in [5.74, 6) is 0.658. The SMILES string of the molecule is Cc1nnc2n1CC(C(=O)O)N(Cc1ccc(Cl)c3cccnc13)C2. The van der Waals surface area contributed by atoms with Gasteiger partial charge in [0.15, 0.2) is 0 Å². The highest BCUT2D eigenvalue weighted by Crippen LogP contribution is 2.27. The van der Waals surface area contributed by atoms with Crippen LogP contribution >= 0.6 is 11.6 Å². The Morgan fingerprint density at radius 1 is 1.36 bits per heavy atom. The molecule has 0 fully saturated rings. The zero-order valence-electron chi connectivity index (χ0n) is 13.6. The average Bonchev–Trinajstić information content (AvgIpc) is 2.97. The van der Waals surface area contributed by atoms with E-state index in [4.69, 9.17) is 11.6 Å². The summed E-state index contributed by atoms with van der Waals surface area (Å²) in [6.07, 6.45) is 1.72.